The van der Waals surface area contributed by atoms with Crippen molar-refractivity contribution < 1.29 is 4.84 Å². The highest BCUT2D eigenvalue weighted by molar-refractivity contribution is 5.23. The standard InChI is InChI=1S/C9H9NO/c1-2-9(11-10)8-6-4-3-5-7-8/h1,3-7,9H,10H2/t9-/m0/s1. The second kappa shape index (κ2) is 3.77. The third kappa shape index (κ3) is 1.81. The quantitative estimate of drug-likeness (QED) is 0.504. The summed E-state index contributed by atoms with van der Waals surface area (Å²) in [6, 6.07) is 9.43. The molecule has 0 spiro atoms. The molecule has 0 aromatic heterocycles. The Kier molecular flexibility index (Phi) is 2.67. The number of benzene rings is 1. The van der Waals surface area contributed by atoms with Crippen molar-refractivity contribution in [2.24, 2.45) is 5.90 Å². The highest BCUT2D eigenvalue weighted by Gasteiger charge is 2.04. The molecule has 56 valence electrons. The van der Waals surface area contributed by atoms with Crippen LogP contribution in [0.4, 0.5) is 0 Å². The van der Waals surface area contributed by atoms with Crippen molar-refractivity contribution >= 4 is 0 Å². The fourth-order valence-corrected chi connectivity index (χ4v) is 0.842. The summed E-state index contributed by atoms with van der Waals surface area (Å²) in [6.07, 6.45) is 4.73. The predicted octanol–water partition coefficient (Wildman–Crippen LogP) is 1.25. The second-order valence-electron chi connectivity index (χ2n) is 2.09. The minimum atomic E-state index is -0.434. The molecule has 0 heterocycles. The van der Waals surface area contributed by atoms with E-state index in [0.29, 0.717) is 0 Å². The molecule has 0 aliphatic rings. The Balaban J connectivity index is 2.85. The molecule has 2 N–H and O–H groups in total. The lowest BCUT2D eigenvalue weighted by atomic mass is 10.1. The van der Waals surface area contributed by atoms with Gasteiger partial charge in [0, 0.05) is 0 Å². The third-order valence-corrected chi connectivity index (χ3v) is 1.39. The van der Waals surface area contributed by atoms with Gasteiger partial charge in [-0.05, 0) is 5.56 Å². The van der Waals surface area contributed by atoms with Crippen LogP contribution in [0.15, 0.2) is 30.3 Å². The van der Waals surface area contributed by atoms with Crippen molar-refractivity contribution in [2.45, 2.75) is 6.10 Å². The van der Waals surface area contributed by atoms with Gasteiger partial charge in [-0.3, -0.25) is 4.84 Å². The second-order valence-corrected chi connectivity index (χ2v) is 2.09. The highest BCUT2D eigenvalue weighted by atomic mass is 16.6. The summed E-state index contributed by atoms with van der Waals surface area (Å²) in [5.41, 5.74) is 0.900. The summed E-state index contributed by atoms with van der Waals surface area (Å²) in [6.45, 7) is 0. The van der Waals surface area contributed by atoms with Gasteiger partial charge in [-0.2, -0.15) is 0 Å². The van der Waals surface area contributed by atoms with Crippen LogP contribution in [0.2, 0.25) is 0 Å². The average molecular weight is 147 g/mol. The van der Waals surface area contributed by atoms with Crippen molar-refractivity contribution in [3.63, 3.8) is 0 Å². The van der Waals surface area contributed by atoms with Gasteiger partial charge in [-0.15, -0.1) is 6.42 Å². The van der Waals surface area contributed by atoms with Crippen LogP contribution in [0, 0.1) is 12.3 Å². The molecule has 11 heavy (non-hydrogen) atoms. The molecule has 0 saturated heterocycles. The molecule has 0 aliphatic heterocycles. The minimum Gasteiger partial charge on any atom is -0.283 e. The zero-order valence-electron chi connectivity index (χ0n) is 6.03. The number of hydrogen-bond donors (Lipinski definition) is 1. The van der Waals surface area contributed by atoms with Gasteiger partial charge in [0.25, 0.3) is 0 Å². The molecule has 0 unspecified atom stereocenters. The van der Waals surface area contributed by atoms with Crippen LogP contribution in [0.25, 0.3) is 0 Å². The lowest BCUT2D eigenvalue weighted by molar-refractivity contribution is 0.0935. The molecule has 0 aliphatic carbocycles. The van der Waals surface area contributed by atoms with Crippen LogP contribution in [0.5, 0.6) is 0 Å². The van der Waals surface area contributed by atoms with E-state index >= 15 is 0 Å². The average Bonchev–Trinajstić information content (AvgIpc) is 2.09. The lowest BCUT2D eigenvalue weighted by Gasteiger charge is -2.06. The van der Waals surface area contributed by atoms with Gasteiger partial charge in [0.05, 0.1) is 0 Å². The summed E-state index contributed by atoms with van der Waals surface area (Å²) < 4.78 is 0. The maximum Gasteiger partial charge on any atom is 0.164 e. The molecule has 0 saturated carbocycles. The molecule has 1 aromatic carbocycles. The summed E-state index contributed by atoms with van der Waals surface area (Å²) in [7, 11) is 0. The van der Waals surface area contributed by atoms with Crippen LogP contribution in [0.3, 0.4) is 0 Å². The third-order valence-electron chi connectivity index (χ3n) is 1.39. The number of nitrogens with two attached hydrogens (primary N) is 1. The van der Waals surface area contributed by atoms with Crippen molar-refractivity contribution in [1.29, 1.82) is 0 Å². The Morgan fingerprint density at radius 2 is 2.00 bits per heavy atom. The van der Waals surface area contributed by atoms with E-state index in [1.165, 1.54) is 0 Å². The molecule has 2 heteroatoms. The topological polar surface area (TPSA) is 35.2 Å². The molecule has 1 aromatic rings. The largest absolute Gasteiger partial charge is 0.283 e. The first kappa shape index (κ1) is 7.80. The molecule has 0 amide bonds. The Hall–Kier alpha value is -1.30. The zero-order valence-corrected chi connectivity index (χ0v) is 6.03. The SMILES string of the molecule is C#C[C@H](ON)c1ccccc1. The van der Waals surface area contributed by atoms with E-state index in [0.717, 1.165) is 5.56 Å². The molecule has 1 rings (SSSR count). The highest BCUT2D eigenvalue weighted by Crippen LogP contribution is 2.12. The van der Waals surface area contributed by atoms with E-state index in [4.69, 9.17) is 12.3 Å². The number of hydrogen-bond acceptors (Lipinski definition) is 2. The number of terminal acetylenes is 1. The Labute approximate surface area is 65.9 Å². The smallest absolute Gasteiger partial charge is 0.164 e. The van der Waals surface area contributed by atoms with Crippen LogP contribution in [0.1, 0.15) is 11.7 Å². The van der Waals surface area contributed by atoms with E-state index in [2.05, 4.69) is 10.8 Å². The monoisotopic (exact) mass is 147 g/mol. The summed E-state index contributed by atoms with van der Waals surface area (Å²) in [4.78, 5) is 4.55. The molecule has 1 atom stereocenters. The van der Waals surface area contributed by atoms with Gasteiger partial charge in [0.2, 0.25) is 0 Å². The van der Waals surface area contributed by atoms with Crippen LogP contribution in [-0.2, 0) is 4.84 Å². The van der Waals surface area contributed by atoms with Gasteiger partial charge in [0.1, 0.15) is 0 Å². The van der Waals surface area contributed by atoms with Crippen molar-refractivity contribution in [2.75, 3.05) is 0 Å². The first-order valence-electron chi connectivity index (χ1n) is 3.25. The fraction of sp³-hybridized carbons (Fsp3) is 0.111. The van der Waals surface area contributed by atoms with Crippen LogP contribution in [-0.4, -0.2) is 0 Å². The van der Waals surface area contributed by atoms with E-state index in [1.807, 2.05) is 30.3 Å². The van der Waals surface area contributed by atoms with E-state index in [9.17, 15) is 0 Å². The normalized spacial score (nSPS) is 12.0. The first-order valence-corrected chi connectivity index (χ1v) is 3.25. The van der Waals surface area contributed by atoms with Gasteiger partial charge in [-0.25, -0.2) is 5.90 Å². The first-order chi connectivity index (χ1) is 5.38. The van der Waals surface area contributed by atoms with E-state index in [1.54, 1.807) is 0 Å². The van der Waals surface area contributed by atoms with Gasteiger partial charge >= 0.3 is 0 Å². The molecule has 0 fully saturated rings. The van der Waals surface area contributed by atoms with Crippen molar-refractivity contribution in [3.8, 4) is 12.3 Å². The van der Waals surface area contributed by atoms with Crippen LogP contribution < -0.4 is 5.90 Å². The Morgan fingerprint density at radius 3 is 2.45 bits per heavy atom. The molecule has 0 bridgehead atoms. The predicted molar refractivity (Wildman–Crippen MR) is 43.3 cm³/mol. The summed E-state index contributed by atoms with van der Waals surface area (Å²) >= 11 is 0. The van der Waals surface area contributed by atoms with Crippen molar-refractivity contribution in [3.05, 3.63) is 35.9 Å². The zero-order chi connectivity index (χ0) is 8.10. The van der Waals surface area contributed by atoms with E-state index < -0.39 is 6.10 Å². The molecular weight excluding hydrogens is 138 g/mol. The Morgan fingerprint density at radius 1 is 1.36 bits per heavy atom. The minimum absolute atomic E-state index is 0.434. The van der Waals surface area contributed by atoms with Gasteiger partial charge in [-0.1, -0.05) is 36.3 Å². The Bertz CT molecular complexity index is 250. The molecule has 0 radical (unpaired) electrons. The molecule has 2 nitrogen and oxygen atoms in total. The van der Waals surface area contributed by atoms with Gasteiger partial charge in [0.15, 0.2) is 6.10 Å². The van der Waals surface area contributed by atoms with Crippen molar-refractivity contribution in [1.82, 2.24) is 0 Å². The van der Waals surface area contributed by atoms with Crippen LogP contribution >= 0.6 is 0 Å². The van der Waals surface area contributed by atoms with E-state index in [-0.39, 0.29) is 0 Å². The summed E-state index contributed by atoms with van der Waals surface area (Å²) in [5, 5.41) is 0. The van der Waals surface area contributed by atoms with Gasteiger partial charge < -0.3 is 0 Å². The number of rotatable bonds is 2. The fourth-order valence-electron chi connectivity index (χ4n) is 0.842. The summed E-state index contributed by atoms with van der Waals surface area (Å²) in [5.74, 6) is 7.39. The maximum atomic E-state index is 5.16. The maximum absolute atomic E-state index is 5.16. The molecular formula is C9H9NO. The lowest BCUT2D eigenvalue weighted by Crippen LogP contribution is -2.06.